The Kier molecular flexibility index (Phi) is 4.47. The fourth-order valence-corrected chi connectivity index (χ4v) is 3.32. The maximum Gasteiger partial charge on any atom is 0.397 e. The first kappa shape index (κ1) is 15.0. The Balaban J connectivity index is 2.12. The third kappa shape index (κ3) is 3.59. The number of halogens is 3. The fourth-order valence-electron chi connectivity index (χ4n) is 2.04. The van der Waals surface area contributed by atoms with Gasteiger partial charge in [-0.3, -0.25) is 4.79 Å². The van der Waals surface area contributed by atoms with Crippen molar-refractivity contribution in [1.82, 2.24) is 4.90 Å². The summed E-state index contributed by atoms with van der Waals surface area (Å²) in [6.07, 6.45) is -5.87. The first-order valence-electron chi connectivity index (χ1n) is 6.02. The number of methoxy groups -OCH3 is 1. The highest BCUT2D eigenvalue weighted by molar-refractivity contribution is 7.99. The fraction of sp³-hybridized carbons (Fsp3) is 0.462. The third-order valence-electron chi connectivity index (χ3n) is 2.96. The van der Waals surface area contributed by atoms with Crippen LogP contribution in [0.25, 0.3) is 0 Å². The minimum absolute atomic E-state index is 0.344. The number of hydrogen-bond donors (Lipinski definition) is 0. The molecule has 0 aliphatic carbocycles. The van der Waals surface area contributed by atoms with Gasteiger partial charge in [0.05, 0.1) is 7.11 Å². The van der Waals surface area contributed by atoms with Crippen LogP contribution in [0.4, 0.5) is 13.2 Å². The van der Waals surface area contributed by atoms with E-state index in [4.69, 9.17) is 4.74 Å². The van der Waals surface area contributed by atoms with Gasteiger partial charge in [0.25, 0.3) is 0 Å². The Morgan fingerprint density at radius 1 is 1.40 bits per heavy atom. The van der Waals surface area contributed by atoms with Crippen molar-refractivity contribution >= 4 is 17.7 Å². The van der Waals surface area contributed by atoms with Gasteiger partial charge in [-0.1, -0.05) is 12.1 Å². The summed E-state index contributed by atoms with van der Waals surface area (Å²) >= 11 is 1.47. The summed E-state index contributed by atoms with van der Waals surface area (Å²) in [5, 5.41) is -0.351. The Morgan fingerprint density at radius 2 is 2.05 bits per heavy atom. The quantitative estimate of drug-likeness (QED) is 0.859. The second-order valence-corrected chi connectivity index (χ2v) is 5.56. The summed E-state index contributed by atoms with van der Waals surface area (Å²) in [6.45, 7) is 0.344. The van der Waals surface area contributed by atoms with Crippen LogP contribution in [0.2, 0.25) is 0 Å². The maximum absolute atomic E-state index is 12.3. The molecular weight excluding hydrogens is 291 g/mol. The molecule has 1 atom stereocenters. The van der Waals surface area contributed by atoms with E-state index in [1.54, 1.807) is 31.4 Å². The van der Waals surface area contributed by atoms with E-state index < -0.39 is 18.5 Å². The molecule has 0 radical (unpaired) electrons. The molecule has 1 unspecified atom stereocenters. The van der Waals surface area contributed by atoms with Gasteiger partial charge in [-0.25, -0.2) is 0 Å². The molecule has 7 heteroatoms. The summed E-state index contributed by atoms with van der Waals surface area (Å²) in [4.78, 5) is 13.0. The smallest absolute Gasteiger partial charge is 0.397 e. The first-order valence-corrected chi connectivity index (χ1v) is 7.07. The molecule has 1 fully saturated rings. The van der Waals surface area contributed by atoms with E-state index in [1.165, 1.54) is 16.7 Å². The molecule has 1 heterocycles. The standard InChI is InChI=1S/C13H14F3NO2S/c1-19-10-4-2-9(3-5-10)12-17(6-7-20-12)11(18)8-13(14,15)16/h2-5,12H,6-8H2,1H3. The van der Waals surface area contributed by atoms with Gasteiger partial charge < -0.3 is 9.64 Å². The highest BCUT2D eigenvalue weighted by Crippen LogP contribution is 2.39. The zero-order valence-corrected chi connectivity index (χ0v) is 11.6. The van der Waals surface area contributed by atoms with Gasteiger partial charge in [0.1, 0.15) is 17.5 Å². The van der Waals surface area contributed by atoms with Crippen molar-refractivity contribution in [2.24, 2.45) is 0 Å². The van der Waals surface area contributed by atoms with Gasteiger partial charge >= 0.3 is 6.18 Å². The highest BCUT2D eigenvalue weighted by atomic mass is 32.2. The molecule has 1 amide bonds. The SMILES string of the molecule is COc1ccc(C2SCCN2C(=O)CC(F)(F)F)cc1. The van der Waals surface area contributed by atoms with Crippen molar-refractivity contribution in [3.63, 3.8) is 0 Å². The van der Waals surface area contributed by atoms with E-state index in [1.807, 2.05) is 0 Å². The summed E-state index contributed by atoms with van der Waals surface area (Å²) in [6, 6.07) is 7.02. The Labute approximate surface area is 119 Å². The van der Waals surface area contributed by atoms with Crippen molar-refractivity contribution in [2.45, 2.75) is 18.0 Å². The van der Waals surface area contributed by atoms with Gasteiger partial charge in [-0.05, 0) is 17.7 Å². The molecule has 1 aliphatic heterocycles. The lowest BCUT2D eigenvalue weighted by atomic mass is 10.2. The second-order valence-electron chi connectivity index (χ2n) is 4.38. The van der Waals surface area contributed by atoms with E-state index in [0.717, 1.165) is 5.56 Å². The van der Waals surface area contributed by atoms with Gasteiger partial charge in [-0.2, -0.15) is 13.2 Å². The Morgan fingerprint density at radius 3 is 2.60 bits per heavy atom. The van der Waals surface area contributed by atoms with Crippen molar-refractivity contribution in [1.29, 1.82) is 0 Å². The lowest BCUT2D eigenvalue weighted by molar-refractivity contribution is -0.161. The minimum Gasteiger partial charge on any atom is -0.497 e. The number of carbonyl (C=O) groups is 1. The Bertz CT molecular complexity index is 475. The number of thioether (sulfide) groups is 1. The van der Waals surface area contributed by atoms with Crippen LogP contribution in [0.3, 0.4) is 0 Å². The second kappa shape index (κ2) is 5.95. The van der Waals surface area contributed by atoms with Crippen molar-refractivity contribution < 1.29 is 22.7 Å². The number of ether oxygens (including phenoxy) is 1. The summed E-state index contributed by atoms with van der Waals surface area (Å²) in [7, 11) is 1.54. The minimum atomic E-state index is -4.46. The van der Waals surface area contributed by atoms with Gasteiger partial charge in [-0.15, -0.1) is 11.8 Å². The molecule has 0 aromatic heterocycles. The zero-order chi connectivity index (χ0) is 14.8. The highest BCUT2D eigenvalue weighted by Gasteiger charge is 2.38. The van der Waals surface area contributed by atoms with Crippen LogP contribution in [-0.4, -0.2) is 36.4 Å². The summed E-state index contributed by atoms with van der Waals surface area (Å²) in [5.41, 5.74) is 0.809. The van der Waals surface area contributed by atoms with E-state index in [0.29, 0.717) is 18.0 Å². The number of hydrogen-bond acceptors (Lipinski definition) is 3. The number of benzene rings is 1. The first-order chi connectivity index (χ1) is 9.40. The van der Waals surface area contributed by atoms with E-state index >= 15 is 0 Å². The molecule has 110 valence electrons. The molecule has 20 heavy (non-hydrogen) atoms. The van der Waals surface area contributed by atoms with Crippen LogP contribution < -0.4 is 4.74 Å². The van der Waals surface area contributed by atoms with Crippen LogP contribution in [0.5, 0.6) is 5.75 Å². The maximum atomic E-state index is 12.3. The summed E-state index contributed by atoms with van der Waals surface area (Å²) < 4.78 is 42.0. The van der Waals surface area contributed by atoms with Gasteiger partial charge in [0, 0.05) is 12.3 Å². The van der Waals surface area contributed by atoms with Gasteiger partial charge in [0.2, 0.25) is 5.91 Å². The largest absolute Gasteiger partial charge is 0.497 e. The number of nitrogens with zero attached hydrogens (tertiary/aromatic N) is 1. The van der Waals surface area contributed by atoms with E-state index in [2.05, 4.69) is 0 Å². The molecular formula is C13H14F3NO2S. The molecule has 0 saturated carbocycles. The molecule has 0 bridgehead atoms. The van der Waals surface area contributed by atoms with Crippen LogP contribution in [0, 0.1) is 0 Å². The van der Waals surface area contributed by atoms with Crippen LogP contribution in [-0.2, 0) is 4.79 Å². The molecule has 1 aromatic rings. The molecule has 0 N–H and O–H groups in total. The van der Waals surface area contributed by atoms with E-state index in [9.17, 15) is 18.0 Å². The average Bonchev–Trinajstić information content (AvgIpc) is 2.86. The number of carbonyl (C=O) groups excluding carboxylic acids is 1. The lowest BCUT2D eigenvalue weighted by Crippen LogP contribution is -2.33. The van der Waals surface area contributed by atoms with Crippen molar-refractivity contribution in [3.8, 4) is 5.75 Å². The topological polar surface area (TPSA) is 29.5 Å². The monoisotopic (exact) mass is 305 g/mol. The molecule has 0 spiro atoms. The average molecular weight is 305 g/mol. The molecule has 3 nitrogen and oxygen atoms in total. The normalized spacial score (nSPS) is 19.2. The number of rotatable bonds is 3. The van der Waals surface area contributed by atoms with E-state index in [-0.39, 0.29) is 5.37 Å². The molecule has 1 saturated heterocycles. The van der Waals surface area contributed by atoms with Gasteiger partial charge in [0.15, 0.2) is 0 Å². The molecule has 2 rings (SSSR count). The third-order valence-corrected chi connectivity index (χ3v) is 4.22. The van der Waals surface area contributed by atoms with Crippen molar-refractivity contribution in [3.05, 3.63) is 29.8 Å². The zero-order valence-electron chi connectivity index (χ0n) is 10.8. The number of alkyl halides is 3. The Hall–Kier alpha value is -1.37. The summed E-state index contributed by atoms with van der Waals surface area (Å²) in [5.74, 6) is 0.438. The predicted molar refractivity (Wildman–Crippen MR) is 70.6 cm³/mol. The molecule has 1 aromatic carbocycles. The number of amides is 1. The van der Waals surface area contributed by atoms with Crippen LogP contribution in [0.15, 0.2) is 24.3 Å². The lowest BCUT2D eigenvalue weighted by Gasteiger charge is -2.24. The molecule has 1 aliphatic rings. The van der Waals surface area contributed by atoms with Crippen molar-refractivity contribution in [2.75, 3.05) is 19.4 Å². The predicted octanol–water partition coefficient (Wildman–Crippen LogP) is 3.22. The van der Waals surface area contributed by atoms with Crippen LogP contribution >= 0.6 is 11.8 Å². The van der Waals surface area contributed by atoms with Crippen LogP contribution in [0.1, 0.15) is 17.4 Å².